The van der Waals surface area contributed by atoms with Gasteiger partial charge in [-0.1, -0.05) is 52.5 Å². The fraction of sp³-hybridized carbons (Fsp3) is 0.154. The molecule has 0 aliphatic rings. The van der Waals surface area contributed by atoms with Gasteiger partial charge in [-0.3, -0.25) is 4.79 Å². The summed E-state index contributed by atoms with van der Waals surface area (Å²) in [5, 5.41) is 3.54. The highest BCUT2D eigenvalue weighted by Crippen LogP contribution is 2.28. The SMILES string of the molecule is Cc1nc(Cl)c(NC(=O)Cc2c(Cl)cccc2Cl)c(Cl)n1. The Bertz CT molecular complexity index is 663. The van der Waals surface area contributed by atoms with Gasteiger partial charge in [0.25, 0.3) is 0 Å². The molecule has 0 spiro atoms. The van der Waals surface area contributed by atoms with Crippen LogP contribution in [0.2, 0.25) is 20.4 Å². The van der Waals surface area contributed by atoms with Gasteiger partial charge in [0.15, 0.2) is 10.3 Å². The Balaban J connectivity index is 2.20. The van der Waals surface area contributed by atoms with Crippen LogP contribution in [0.5, 0.6) is 0 Å². The molecule has 0 fully saturated rings. The van der Waals surface area contributed by atoms with Crippen LogP contribution in [0.15, 0.2) is 18.2 Å². The molecule has 0 radical (unpaired) electrons. The van der Waals surface area contributed by atoms with Gasteiger partial charge in [0.05, 0.1) is 6.42 Å². The maximum atomic E-state index is 12.1. The molecule has 0 aliphatic heterocycles. The second kappa shape index (κ2) is 6.79. The van der Waals surface area contributed by atoms with Crippen molar-refractivity contribution in [3.05, 3.63) is 49.9 Å². The average molecular weight is 365 g/mol. The number of rotatable bonds is 3. The largest absolute Gasteiger partial charge is 0.321 e. The molecule has 0 saturated heterocycles. The molecular formula is C13H9Cl4N3O. The fourth-order valence-electron chi connectivity index (χ4n) is 1.65. The van der Waals surface area contributed by atoms with Gasteiger partial charge in [0, 0.05) is 10.0 Å². The van der Waals surface area contributed by atoms with E-state index < -0.39 is 0 Å². The van der Waals surface area contributed by atoms with Gasteiger partial charge in [0.1, 0.15) is 11.5 Å². The smallest absolute Gasteiger partial charge is 0.229 e. The van der Waals surface area contributed by atoms with Crippen molar-refractivity contribution in [1.29, 1.82) is 0 Å². The maximum Gasteiger partial charge on any atom is 0.229 e. The second-order valence-electron chi connectivity index (χ2n) is 4.15. The van der Waals surface area contributed by atoms with Crippen molar-refractivity contribution >= 4 is 58.0 Å². The summed E-state index contributed by atoms with van der Waals surface area (Å²) in [7, 11) is 0. The van der Waals surface area contributed by atoms with E-state index in [-0.39, 0.29) is 28.3 Å². The van der Waals surface area contributed by atoms with Crippen LogP contribution in [0, 0.1) is 6.92 Å². The topological polar surface area (TPSA) is 54.9 Å². The van der Waals surface area contributed by atoms with Gasteiger partial charge in [-0.25, -0.2) is 9.97 Å². The van der Waals surface area contributed by atoms with Crippen LogP contribution < -0.4 is 5.32 Å². The quantitative estimate of drug-likeness (QED) is 0.811. The van der Waals surface area contributed by atoms with Crippen molar-refractivity contribution < 1.29 is 4.79 Å². The van der Waals surface area contributed by atoms with E-state index in [1.54, 1.807) is 25.1 Å². The Labute approximate surface area is 141 Å². The van der Waals surface area contributed by atoms with Crippen molar-refractivity contribution in [3.8, 4) is 0 Å². The molecule has 2 aromatic rings. The number of halogens is 4. The zero-order chi connectivity index (χ0) is 15.6. The summed E-state index contributed by atoms with van der Waals surface area (Å²) < 4.78 is 0. The Morgan fingerprint density at radius 1 is 1.10 bits per heavy atom. The number of anilines is 1. The van der Waals surface area contributed by atoms with E-state index >= 15 is 0 Å². The highest BCUT2D eigenvalue weighted by molar-refractivity contribution is 6.38. The molecule has 1 amide bonds. The maximum absolute atomic E-state index is 12.1. The van der Waals surface area contributed by atoms with Crippen molar-refractivity contribution in [1.82, 2.24) is 9.97 Å². The monoisotopic (exact) mass is 363 g/mol. The minimum Gasteiger partial charge on any atom is -0.321 e. The van der Waals surface area contributed by atoms with Crippen molar-refractivity contribution in [2.75, 3.05) is 5.32 Å². The highest BCUT2D eigenvalue weighted by atomic mass is 35.5. The summed E-state index contributed by atoms with van der Waals surface area (Å²) in [5.74, 6) is 0.0402. The molecule has 1 N–H and O–H groups in total. The minimum atomic E-state index is -0.374. The van der Waals surface area contributed by atoms with Crippen LogP contribution in [0.4, 0.5) is 5.69 Å². The van der Waals surface area contributed by atoms with E-state index in [0.717, 1.165) is 0 Å². The van der Waals surface area contributed by atoms with E-state index in [1.807, 2.05) is 0 Å². The van der Waals surface area contributed by atoms with E-state index in [9.17, 15) is 4.79 Å². The molecule has 1 aromatic heterocycles. The number of aryl methyl sites for hydroxylation is 1. The van der Waals surface area contributed by atoms with Crippen LogP contribution in [-0.2, 0) is 11.2 Å². The first-order valence-electron chi connectivity index (χ1n) is 5.81. The summed E-state index contributed by atoms with van der Waals surface area (Å²) in [6.45, 7) is 1.65. The summed E-state index contributed by atoms with van der Waals surface area (Å²) in [5.41, 5.74) is 0.690. The first kappa shape index (κ1) is 16.3. The standard InChI is InChI=1S/C13H9Cl4N3O/c1-6-18-12(16)11(13(17)19-6)20-10(21)5-7-8(14)3-2-4-9(7)15/h2-4H,5H2,1H3,(H,20,21). The van der Waals surface area contributed by atoms with Crippen LogP contribution in [0.1, 0.15) is 11.4 Å². The first-order valence-corrected chi connectivity index (χ1v) is 7.32. The summed E-state index contributed by atoms with van der Waals surface area (Å²) in [6, 6.07) is 5.02. The van der Waals surface area contributed by atoms with Gasteiger partial charge in [-0.2, -0.15) is 0 Å². The van der Waals surface area contributed by atoms with Crippen molar-refractivity contribution in [2.24, 2.45) is 0 Å². The van der Waals surface area contributed by atoms with Crippen LogP contribution in [0.25, 0.3) is 0 Å². The Kier molecular flexibility index (Phi) is 5.27. The highest BCUT2D eigenvalue weighted by Gasteiger charge is 2.16. The summed E-state index contributed by atoms with van der Waals surface area (Å²) in [6.07, 6.45) is -0.0148. The molecule has 1 heterocycles. The van der Waals surface area contributed by atoms with E-state index in [0.29, 0.717) is 21.4 Å². The molecule has 4 nitrogen and oxygen atoms in total. The Hall–Kier alpha value is -1.07. The number of benzene rings is 1. The van der Waals surface area contributed by atoms with E-state index in [4.69, 9.17) is 46.4 Å². The number of hydrogen-bond donors (Lipinski definition) is 1. The van der Waals surface area contributed by atoms with Crippen LogP contribution >= 0.6 is 46.4 Å². The number of hydrogen-bond acceptors (Lipinski definition) is 3. The molecule has 0 bridgehead atoms. The summed E-state index contributed by atoms with van der Waals surface area (Å²) >= 11 is 23.9. The molecule has 1 aromatic carbocycles. The average Bonchev–Trinajstić information content (AvgIpc) is 2.38. The van der Waals surface area contributed by atoms with E-state index in [1.165, 1.54) is 0 Å². The van der Waals surface area contributed by atoms with Crippen LogP contribution in [0.3, 0.4) is 0 Å². The third-order valence-electron chi connectivity index (χ3n) is 2.60. The lowest BCUT2D eigenvalue weighted by atomic mass is 10.1. The number of nitrogens with one attached hydrogen (secondary N) is 1. The molecule has 0 aliphatic carbocycles. The van der Waals surface area contributed by atoms with Gasteiger partial charge < -0.3 is 5.32 Å². The Morgan fingerprint density at radius 3 is 2.14 bits per heavy atom. The lowest BCUT2D eigenvalue weighted by Crippen LogP contribution is -2.16. The molecule has 8 heteroatoms. The molecule has 0 unspecified atom stereocenters. The van der Waals surface area contributed by atoms with E-state index in [2.05, 4.69) is 15.3 Å². The molecule has 2 rings (SSSR count). The van der Waals surface area contributed by atoms with Gasteiger partial charge in [-0.15, -0.1) is 0 Å². The molecular weight excluding hydrogens is 356 g/mol. The fourth-order valence-corrected chi connectivity index (χ4v) is 2.75. The summed E-state index contributed by atoms with van der Waals surface area (Å²) in [4.78, 5) is 19.9. The lowest BCUT2D eigenvalue weighted by Gasteiger charge is -2.10. The second-order valence-corrected chi connectivity index (χ2v) is 5.68. The van der Waals surface area contributed by atoms with Gasteiger partial charge in [-0.05, 0) is 24.6 Å². The number of nitrogens with zero attached hydrogens (tertiary/aromatic N) is 2. The number of carbonyl (C=O) groups is 1. The Morgan fingerprint density at radius 2 is 1.62 bits per heavy atom. The predicted molar refractivity (Wildman–Crippen MR) is 85.6 cm³/mol. The van der Waals surface area contributed by atoms with Crippen molar-refractivity contribution in [3.63, 3.8) is 0 Å². The third-order valence-corrected chi connectivity index (χ3v) is 3.85. The minimum absolute atomic E-state index is 0.0148. The first-order chi connectivity index (χ1) is 9.88. The van der Waals surface area contributed by atoms with Gasteiger partial charge in [0.2, 0.25) is 5.91 Å². The zero-order valence-corrected chi connectivity index (χ0v) is 13.8. The number of amides is 1. The van der Waals surface area contributed by atoms with Crippen LogP contribution in [-0.4, -0.2) is 15.9 Å². The van der Waals surface area contributed by atoms with Crippen molar-refractivity contribution in [2.45, 2.75) is 13.3 Å². The lowest BCUT2D eigenvalue weighted by molar-refractivity contribution is -0.115. The van der Waals surface area contributed by atoms with Gasteiger partial charge >= 0.3 is 0 Å². The molecule has 0 atom stereocenters. The predicted octanol–water partition coefficient (Wildman–Crippen LogP) is 4.58. The zero-order valence-electron chi connectivity index (χ0n) is 10.8. The number of carbonyl (C=O) groups excluding carboxylic acids is 1. The molecule has 110 valence electrons. The third kappa shape index (κ3) is 3.98. The molecule has 21 heavy (non-hydrogen) atoms. The molecule has 0 saturated carbocycles. The normalized spacial score (nSPS) is 10.5. The number of aromatic nitrogens is 2.